The zero-order chi connectivity index (χ0) is 12.3. The van der Waals surface area contributed by atoms with E-state index in [4.69, 9.17) is 5.73 Å². The number of nitrogens with two attached hydrogens (primary N) is 1. The lowest BCUT2D eigenvalue weighted by molar-refractivity contribution is 0.319. The van der Waals surface area contributed by atoms with Crippen molar-refractivity contribution < 1.29 is 8.42 Å². The second-order valence-corrected chi connectivity index (χ2v) is 6.32. The summed E-state index contributed by atoms with van der Waals surface area (Å²) >= 11 is 0. The van der Waals surface area contributed by atoms with Crippen molar-refractivity contribution in [3.63, 3.8) is 0 Å². The Morgan fingerprint density at radius 1 is 1.28 bits per heavy atom. The molecule has 0 saturated carbocycles. The van der Waals surface area contributed by atoms with Gasteiger partial charge in [-0.25, -0.2) is 12.7 Å². The summed E-state index contributed by atoms with van der Waals surface area (Å²) in [7, 11) is -3.21. The number of piperidine rings is 1. The Morgan fingerprint density at radius 3 is 2.39 bits per heavy atom. The van der Waals surface area contributed by atoms with Gasteiger partial charge in [0.25, 0.3) is 0 Å². The molecular weight excluding hydrogens is 274 g/mol. The molecule has 0 aromatic carbocycles. The van der Waals surface area contributed by atoms with Crippen LogP contribution in [0.3, 0.4) is 0 Å². The number of hydrogen-bond donors (Lipinski definition) is 1. The van der Waals surface area contributed by atoms with Gasteiger partial charge < -0.3 is 5.73 Å². The molecule has 1 aliphatic rings. The SMILES string of the molecule is Cl.NC1CCN(S(=O)(=O)Cc2ccncc2)CC1. The fraction of sp³-hybridized carbons (Fsp3) is 0.545. The molecule has 2 heterocycles. The highest BCUT2D eigenvalue weighted by atomic mass is 35.5. The Kier molecular flexibility index (Phi) is 5.52. The quantitative estimate of drug-likeness (QED) is 0.892. The number of aromatic nitrogens is 1. The van der Waals surface area contributed by atoms with Crippen molar-refractivity contribution in [2.24, 2.45) is 5.73 Å². The van der Waals surface area contributed by atoms with Crippen LogP contribution in [0.25, 0.3) is 0 Å². The Labute approximate surface area is 114 Å². The van der Waals surface area contributed by atoms with Crippen LogP contribution in [-0.4, -0.2) is 36.8 Å². The van der Waals surface area contributed by atoms with Crippen molar-refractivity contribution in [3.05, 3.63) is 30.1 Å². The second kappa shape index (κ2) is 6.47. The van der Waals surface area contributed by atoms with Crippen LogP contribution in [0.15, 0.2) is 24.5 Å². The Balaban J connectivity index is 0.00000162. The largest absolute Gasteiger partial charge is 0.328 e. The minimum atomic E-state index is -3.21. The monoisotopic (exact) mass is 291 g/mol. The van der Waals surface area contributed by atoms with Crippen molar-refractivity contribution in [3.8, 4) is 0 Å². The fourth-order valence-electron chi connectivity index (χ4n) is 1.93. The zero-order valence-electron chi connectivity index (χ0n) is 10.0. The van der Waals surface area contributed by atoms with Crippen molar-refractivity contribution in [2.45, 2.75) is 24.6 Å². The van der Waals surface area contributed by atoms with Gasteiger partial charge in [0.1, 0.15) is 0 Å². The molecule has 0 amide bonds. The molecule has 0 aliphatic carbocycles. The van der Waals surface area contributed by atoms with E-state index < -0.39 is 10.0 Å². The van der Waals surface area contributed by atoms with Gasteiger partial charge >= 0.3 is 0 Å². The van der Waals surface area contributed by atoms with Gasteiger partial charge in [0.15, 0.2) is 0 Å². The molecule has 1 fully saturated rings. The number of halogens is 1. The highest BCUT2D eigenvalue weighted by molar-refractivity contribution is 7.88. The predicted molar refractivity (Wildman–Crippen MR) is 72.9 cm³/mol. The molecule has 0 bridgehead atoms. The zero-order valence-corrected chi connectivity index (χ0v) is 11.7. The molecule has 0 spiro atoms. The summed E-state index contributed by atoms with van der Waals surface area (Å²) in [4.78, 5) is 3.87. The molecule has 102 valence electrons. The molecule has 0 radical (unpaired) electrons. The number of pyridine rings is 1. The first-order chi connectivity index (χ1) is 8.08. The summed E-state index contributed by atoms with van der Waals surface area (Å²) in [5.74, 6) is 0.0464. The van der Waals surface area contributed by atoms with Gasteiger partial charge in [-0.15, -0.1) is 12.4 Å². The van der Waals surface area contributed by atoms with Crippen LogP contribution in [0.2, 0.25) is 0 Å². The van der Waals surface area contributed by atoms with E-state index in [9.17, 15) is 8.42 Å². The average Bonchev–Trinajstić information content (AvgIpc) is 2.30. The van der Waals surface area contributed by atoms with Crippen LogP contribution in [0, 0.1) is 0 Å². The summed E-state index contributed by atoms with van der Waals surface area (Å²) in [6.45, 7) is 1.07. The molecule has 1 aromatic heterocycles. The normalized spacial score (nSPS) is 18.3. The first-order valence-electron chi connectivity index (χ1n) is 5.70. The standard InChI is InChI=1S/C11H17N3O2S.ClH/c12-11-3-7-14(8-4-11)17(15,16)9-10-1-5-13-6-2-10;/h1-2,5-6,11H,3-4,7-9,12H2;1H. The van der Waals surface area contributed by atoms with Crippen LogP contribution in [0.1, 0.15) is 18.4 Å². The van der Waals surface area contributed by atoms with E-state index in [0.29, 0.717) is 13.1 Å². The molecule has 2 rings (SSSR count). The van der Waals surface area contributed by atoms with Gasteiger partial charge in [-0.05, 0) is 30.5 Å². The first-order valence-corrected chi connectivity index (χ1v) is 7.31. The minimum Gasteiger partial charge on any atom is -0.328 e. The lowest BCUT2D eigenvalue weighted by Crippen LogP contribution is -2.43. The Bertz CT molecular complexity index is 458. The number of rotatable bonds is 3. The highest BCUT2D eigenvalue weighted by Gasteiger charge is 2.26. The molecule has 18 heavy (non-hydrogen) atoms. The molecule has 1 aliphatic heterocycles. The van der Waals surface area contributed by atoms with Gasteiger partial charge in [0.05, 0.1) is 5.75 Å². The Hall–Kier alpha value is -0.690. The van der Waals surface area contributed by atoms with E-state index >= 15 is 0 Å². The Morgan fingerprint density at radius 2 is 1.83 bits per heavy atom. The number of hydrogen-bond acceptors (Lipinski definition) is 4. The third-order valence-electron chi connectivity index (χ3n) is 2.99. The van der Waals surface area contributed by atoms with E-state index in [1.54, 1.807) is 24.5 Å². The summed E-state index contributed by atoms with van der Waals surface area (Å²) in [5, 5.41) is 0. The van der Waals surface area contributed by atoms with Gasteiger partial charge in [-0.1, -0.05) is 0 Å². The second-order valence-electron chi connectivity index (χ2n) is 4.35. The maximum Gasteiger partial charge on any atom is 0.218 e. The summed E-state index contributed by atoms with van der Waals surface area (Å²) < 4.78 is 25.8. The predicted octanol–water partition coefficient (Wildman–Crippen LogP) is 0.756. The van der Waals surface area contributed by atoms with Crippen molar-refractivity contribution in [1.29, 1.82) is 0 Å². The van der Waals surface area contributed by atoms with Crippen molar-refractivity contribution >= 4 is 22.4 Å². The third-order valence-corrected chi connectivity index (χ3v) is 4.84. The smallest absolute Gasteiger partial charge is 0.218 e. The lowest BCUT2D eigenvalue weighted by atomic mass is 10.1. The van der Waals surface area contributed by atoms with Gasteiger partial charge in [-0.3, -0.25) is 4.98 Å². The van der Waals surface area contributed by atoms with Crippen LogP contribution >= 0.6 is 12.4 Å². The van der Waals surface area contributed by atoms with E-state index in [0.717, 1.165) is 18.4 Å². The third kappa shape index (κ3) is 3.91. The topological polar surface area (TPSA) is 76.3 Å². The van der Waals surface area contributed by atoms with Gasteiger partial charge in [0.2, 0.25) is 10.0 Å². The van der Waals surface area contributed by atoms with E-state index in [1.165, 1.54) is 4.31 Å². The molecule has 1 aromatic rings. The van der Waals surface area contributed by atoms with Crippen LogP contribution in [0.4, 0.5) is 0 Å². The number of sulfonamides is 1. The molecule has 2 N–H and O–H groups in total. The minimum absolute atomic E-state index is 0. The summed E-state index contributed by atoms with van der Waals surface area (Å²) in [5.41, 5.74) is 6.54. The van der Waals surface area contributed by atoms with E-state index in [1.807, 2.05) is 0 Å². The maximum absolute atomic E-state index is 12.1. The van der Waals surface area contributed by atoms with Gasteiger partial charge in [-0.2, -0.15) is 0 Å². The summed E-state index contributed by atoms with van der Waals surface area (Å²) in [6.07, 6.45) is 4.71. The number of nitrogens with zero attached hydrogens (tertiary/aromatic N) is 2. The highest BCUT2D eigenvalue weighted by Crippen LogP contribution is 2.16. The molecule has 7 heteroatoms. The van der Waals surface area contributed by atoms with Crippen LogP contribution < -0.4 is 5.73 Å². The molecular formula is C11H18ClN3O2S. The van der Waals surface area contributed by atoms with Crippen molar-refractivity contribution in [1.82, 2.24) is 9.29 Å². The van der Waals surface area contributed by atoms with Crippen molar-refractivity contribution in [2.75, 3.05) is 13.1 Å². The molecule has 0 unspecified atom stereocenters. The van der Waals surface area contributed by atoms with E-state index in [2.05, 4.69) is 4.98 Å². The maximum atomic E-state index is 12.1. The lowest BCUT2D eigenvalue weighted by Gasteiger charge is -2.29. The van der Waals surface area contributed by atoms with Gasteiger partial charge in [0, 0.05) is 31.5 Å². The molecule has 1 saturated heterocycles. The fourth-order valence-corrected chi connectivity index (χ4v) is 3.50. The molecule has 5 nitrogen and oxygen atoms in total. The van der Waals surface area contributed by atoms with Crippen LogP contribution in [0.5, 0.6) is 0 Å². The summed E-state index contributed by atoms with van der Waals surface area (Å²) in [6, 6.07) is 3.60. The van der Waals surface area contributed by atoms with Crippen LogP contribution in [-0.2, 0) is 15.8 Å². The average molecular weight is 292 g/mol. The first kappa shape index (κ1) is 15.4. The molecule has 0 atom stereocenters. The van der Waals surface area contributed by atoms with E-state index in [-0.39, 0.29) is 24.2 Å².